The minimum atomic E-state index is 0.112. The lowest BCUT2D eigenvalue weighted by atomic mass is 10.2. The van der Waals surface area contributed by atoms with Gasteiger partial charge in [0, 0.05) is 46.8 Å². The van der Waals surface area contributed by atoms with Gasteiger partial charge in [-0.2, -0.15) is 0 Å². The molecule has 132 valence electrons. The molecule has 2 rings (SSSR count). The van der Waals surface area contributed by atoms with Gasteiger partial charge in [0.15, 0.2) is 5.96 Å². The number of amides is 1. The maximum absolute atomic E-state index is 12.2. The molecule has 1 heterocycles. The van der Waals surface area contributed by atoms with Crippen LogP contribution < -0.4 is 10.6 Å². The van der Waals surface area contributed by atoms with Crippen molar-refractivity contribution in [2.75, 3.05) is 33.8 Å². The van der Waals surface area contributed by atoms with Gasteiger partial charge in [-0.1, -0.05) is 30.3 Å². The van der Waals surface area contributed by atoms with Gasteiger partial charge in [0.2, 0.25) is 5.91 Å². The van der Waals surface area contributed by atoms with Crippen molar-refractivity contribution in [3.8, 4) is 0 Å². The van der Waals surface area contributed by atoms with Gasteiger partial charge in [0.25, 0.3) is 0 Å². The average molecular weight is 332 g/mol. The number of hydrogen-bond donors (Lipinski definition) is 2. The van der Waals surface area contributed by atoms with Crippen LogP contribution in [0.3, 0.4) is 0 Å². The minimum Gasteiger partial charge on any atom is -0.376 e. The lowest BCUT2D eigenvalue weighted by molar-refractivity contribution is -0.130. The molecule has 1 aliphatic heterocycles. The number of carbonyl (C=O) groups excluding carboxylic acids is 1. The van der Waals surface area contributed by atoms with Crippen LogP contribution in [0.15, 0.2) is 35.3 Å². The van der Waals surface area contributed by atoms with E-state index >= 15 is 0 Å². The van der Waals surface area contributed by atoms with Gasteiger partial charge in [-0.25, -0.2) is 0 Å². The predicted octanol–water partition coefficient (Wildman–Crippen LogP) is 1.38. The van der Waals surface area contributed by atoms with Gasteiger partial charge in [-0.05, 0) is 18.4 Å². The summed E-state index contributed by atoms with van der Waals surface area (Å²) >= 11 is 0. The molecule has 1 atom stereocenters. The fraction of sp³-hybridized carbons (Fsp3) is 0.556. The van der Waals surface area contributed by atoms with E-state index in [1.165, 1.54) is 0 Å². The van der Waals surface area contributed by atoms with Crippen LogP contribution in [0.5, 0.6) is 0 Å². The van der Waals surface area contributed by atoms with Gasteiger partial charge in [-0.15, -0.1) is 0 Å². The van der Waals surface area contributed by atoms with Crippen molar-refractivity contribution in [2.45, 2.75) is 31.9 Å². The molecular formula is C18H28N4O2. The summed E-state index contributed by atoms with van der Waals surface area (Å²) in [5, 5.41) is 6.42. The fourth-order valence-electron chi connectivity index (χ4n) is 2.66. The average Bonchev–Trinajstić information content (AvgIpc) is 3.12. The largest absolute Gasteiger partial charge is 0.376 e. The van der Waals surface area contributed by atoms with E-state index in [2.05, 4.69) is 15.6 Å². The van der Waals surface area contributed by atoms with E-state index in [-0.39, 0.29) is 12.0 Å². The van der Waals surface area contributed by atoms with Crippen LogP contribution >= 0.6 is 0 Å². The highest BCUT2D eigenvalue weighted by Gasteiger charge is 2.15. The summed E-state index contributed by atoms with van der Waals surface area (Å²) in [6, 6.07) is 10.0. The smallest absolute Gasteiger partial charge is 0.224 e. The topological polar surface area (TPSA) is 66.0 Å². The first-order valence-corrected chi connectivity index (χ1v) is 8.53. The highest BCUT2D eigenvalue weighted by molar-refractivity contribution is 5.81. The SMILES string of the molecule is CN=C(NCCC(=O)N(C)Cc1ccccc1)NCC1CCCO1. The molecule has 24 heavy (non-hydrogen) atoms. The Morgan fingerprint density at radius 1 is 1.33 bits per heavy atom. The summed E-state index contributed by atoms with van der Waals surface area (Å²) in [6.07, 6.45) is 2.92. The number of guanidine groups is 1. The van der Waals surface area contributed by atoms with Gasteiger partial charge >= 0.3 is 0 Å². The Kier molecular flexibility index (Phi) is 7.55. The molecule has 1 aromatic rings. The zero-order valence-electron chi connectivity index (χ0n) is 14.6. The van der Waals surface area contributed by atoms with Gasteiger partial charge in [0.05, 0.1) is 6.10 Å². The molecule has 2 N–H and O–H groups in total. The summed E-state index contributed by atoms with van der Waals surface area (Å²) in [5.41, 5.74) is 1.13. The number of ether oxygens (including phenoxy) is 1. The van der Waals surface area contributed by atoms with E-state index in [1.807, 2.05) is 37.4 Å². The zero-order valence-corrected chi connectivity index (χ0v) is 14.6. The molecule has 6 nitrogen and oxygen atoms in total. The van der Waals surface area contributed by atoms with Gasteiger partial charge in [-0.3, -0.25) is 9.79 Å². The number of carbonyl (C=O) groups is 1. The second kappa shape index (κ2) is 9.93. The number of nitrogens with one attached hydrogen (secondary N) is 2. The Morgan fingerprint density at radius 3 is 2.79 bits per heavy atom. The van der Waals surface area contributed by atoms with Crippen LogP contribution in [0.25, 0.3) is 0 Å². The normalized spacial score (nSPS) is 17.6. The monoisotopic (exact) mass is 332 g/mol. The molecule has 0 aromatic heterocycles. The molecule has 1 unspecified atom stereocenters. The van der Waals surface area contributed by atoms with E-state index in [0.29, 0.717) is 25.5 Å². The molecule has 0 radical (unpaired) electrons. The molecule has 6 heteroatoms. The van der Waals surface area contributed by atoms with Crippen LogP contribution in [0.4, 0.5) is 0 Å². The fourth-order valence-corrected chi connectivity index (χ4v) is 2.66. The highest BCUT2D eigenvalue weighted by atomic mass is 16.5. The zero-order chi connectivity index (χ0) is 17.2. The maximum Gasteiger partial charge on any atom is 0.224 e. The first-order chi connectivity index (χ1) is 11.7. The van der Waals surface area contributed by atoms with E-state index in [0.717, 1.165) is 31.6 Å². The van der Waals surface area contributed by atoms with Gasteiger partial charge in [0.1, 0.15) is 0 Å². The third-order valence-electron chi connectivity index (χ3n) is 4.06. The summed E-state index contributed by atoms with van der Waals surface area (Å²) in [5.74, 6) is 0.824. The Morgan fingerprint density at radius 2 is 2.12 bits per heavy atom. The molecular weight excluding hydrogens is 304 g/mol. The first kappa shape index (κ1) is 18.3. The Balaban J connectivity index is 1.64. The van der Waals surface area contributed by atoms with E-state index in [1.54, 1.807) is 11.9 Å². The Hall–Kier alpha value is -2.08. The first-order valence-electron chi connectivity index (χ1n) is 8.53. The molecule has 0 spiro atoms. The predicted molar refractivity (Wildman–Crippen MR) is 95.9 cm³/mol. The van der Waals surface area contributed by atoms with Crippen molar-refractivity contribution < 1.29 is 9.53 Å². The van der Waals surface area contributed by atoms with E-state index < -0.39 is 0 Å². The highest BCUT2D eigenvalue weighted by Crippen LogP contribution is 2.10. The number of nitrogens with zero attached hydrogens (tertiary/aromatic N) is 2. The van der Waals surface area contributed by atoms with Crippen molar-refractivity contribution in [3.63, 3.8) is 0 Å². The number of benzene rings is 1. The maximum atomic E-state index is 12.2. The summed E-state index contributed by atoms with van der Waals surface area (Å²) in [6.45, 7) is 2.79. The molecule has 1 aliphatic rings. The second-order valence-electron chi connectivity index (χ2n) is 6.00. The van der Waals surface area contributed by atoms with E-state index in [9.17, 15) is 4.79 Å². The third kappa shape index (κ3) is 6.20. The molecule has 1 aromatic carbocycles. The number of hydrogen-bond acceptors (Lipinski definition) is 3. The van der Waals surface area contributed by atoms with Crippen LogP contribution in [-0.2, 0) is 16.1 Å². The lowest BCUT2D eigenvalue weighted by Gasteiger charge is -2.18. The van der Waals surface area contributed by atoms with E-state index in [4.69, 9.17) is 4.74 Å². The van der Waals surface area contributed by atoms with Gasteiger partial charge < -0.3 is 20.3 Å². The van der Waals surface area contributed by atoms with Crippen molar-refractivity contribution in [1.82, 2.24) is 15.5 Å². The van der Waals surface area contributed by atoms with Crippen molar-refractivity contribution in [1.29, 1.82) is 0 Å². The van der Waals surface area contributed by atoms with Crippen LogP contribution in [0, 0.1) is 0 Å². The van der Waals surface area contributed by atoms with Crippen molar-refractivity contribution >= 4 is 11.9 Å². The Bertz CT molecular complexity index is 527. The standard InChI is InChI=1S/C18H28N4O2/c1-19-18(21-13-16-9-6-12-24-16)20-11-10-17(23)22(2)14-15-7-4-3-5-8-15/h3-5,7-8,16H,6,9-14H2,1-2H3,(H2,19,20,21). The Labute approximate surface area is 144 Å². The molecule has 0 bridgehead atoms. The quantitative estimate of drug-likeness (QED) is 0.585. The van der Waals surface area contributed by atoms with Crippen LogP contribution in [0.1, 0.15) is 24.8 Å². The minimum absolute atomic E-state index is 0.112. The third-order valence-corrected chi connectivity index (χ3v) is 4.06. The summed E-state index contributed by atoms with van der Waals surface area (Å²) in [4.78, 5) is 18.1. The molecule has 0 aliphatic carbocycles. The van der Waals surface area contributed by atoms with Crippen LogP contribution in [-0.4, -0.2) is 56.7 Å². The van der Waals surface area contributed by atoms with Crippen molar-refractivity contribution in [2.24, 2.45) is 4.99 Å². The number of rotatable bonds is 7. The molecule has 1 saturated heterocycles. The summed E-state index contributed by atoms with van der Waals surface area (Å²) < 4.78 is 5.57. The molecule has 1 fully saturated rings. The van der Waals surface area contributed by atoms with Crippen LogP contribution in [0.2, 0.25) is 0 Å². The second-order valence-corrected chi connectivity index (χ2v) is 6.00. The summed E-state index contributed by atoms with van der Waals surface area (Å²) in [7, 11) is 3.56. The lowest BCUT2D eigenvalue weighted by Crippen LogP contribution is -2.42. The molecule has 0 saturated carbocycles. The van der Waals surface area contributed by atoms with Crippen molar-refractivity contribution in [3.05, 3.63) is 35.9 Å². The number of aliphatic imine (C=N–C) groups is 1. The molecule has 1 amide bonds.